The monoisotopic (exact) mass is 238 g/mol. The Kier molecular flexibility index (Phi) is 4.48. The van der Waals surface area contributed by atoms with Crippen LogP contribution in [0.5, 0.6) is 0 Å². The molecule has 2 aliphatic heterocycles. The average molecular weight is 238 g/mol. The summed E-state index contributed by atoms with van der Waals surface area (Å²) in [6.07, 6.45) is 7.06. The fraction of sp³-hybridized carbons (Fsp3) is 1.00. The van der Waals surface area contributed by atoms with Gasteiger partial charge < -0.3 is 10.2 Å². The summed E-state index contributed by atoms with van der Waals surface area (Å²) in [7, 11) is 0. The van der Waals surface area contributed by atoms with E-state index in [0.29, 0.717) is 5.41 Å². The molecule has 0 aliphatic carbocycles. The minimum atomic E-state index is 0.540. The van der Waals surface area contributed by atoms with E-state index in [2.05, 4.69) is 31.0 Å². The van der Waals surface area contributed by atoms with Crippen LogP contribution in [0, 0.1) is 11.3 Å². The largest absolute Gasteiger partial charge is 0.316 e. The Morgan fingerprint density at radius 3 is 2.76 bits per heavy atom. The van der Waals surface area contributed by atoms with Gasteiger partial charge in [0.2, 0.25) is 0 Å². The minimum Gasteiger partial charge on any atom is -0.316 e. The van der Waals surface area contributed by atoms with Crippen molar-refractivity contribution in [3.8, 4) is 0 Å². The molecule has 2 rings (SSSR count). The van der Waals surface area contributed by atoms with Gasteiger partial charge in [-0.2, -0.15) is 0 Å². The topological polar surface area (TPSA) is 15.3 Å². The molecule has 2 fully saturated rings. The summed E-state index contributed by atoms with van der Waals surface area (Å²) in [6.45, 7) is 12.4. The zero-order chi connectivity index (χ0) is 12.3. The molecule has 0 aromatic heterocycles. The average Bonchev–Trinajstić information content (AvgIpc) is 2.68. The molecule has 2 unspecified atom stereocenters. The molecular weight excluding hydrogens is 208 g/mol. The Hall–Kier alpha value is -0.0800. The van der Waals surface area contributed by atoms with Gasteiger partial charge in [-0.1, -0.05) is 26.7 Å². The Morgan fingerprint density at radius 1 is 1.29 bits per heavy atom. The van der Waals surface area contributed by atoms with Crippen LogP contribution >= 0.6 is 0 Å². The van der Waals surface area contributed by atoms with Crippen molar-refractivity contribution in [3.63, 3.8) is 0 Å². The third-order valence-electron chi connectivity index (χ3n) is 5.21. The van der Waals surface area contributed by atoms with Crippen LogP contribution in [0.3, 0.4) is 0 Å². The Labute approximate surface area is 107 Å². The first-order valence-corrected chi connectivity index (χ1v) is 7.59. The van der Waals surface area contributed by atoms with Crippen LogP contribution in [0.4, 0.5) is 0 Å². The van der Waals surface area contributed by atoms with Crippen LogP contribution in [-0.2, 0) is 0 Å². The van der Waals surface area contributed by atoms with Crippen molar-refractivity contribution in [3.05, 3.63) is 0 Å². The van der Waals surface area contributed by atoms with Crippen molar-refractivity contribution < 1.29 is 0 Å². The lowest BCUT2D eigenvalue weighted by Crippen LogP contribution is -2.46. The van der Waals surface area contributed by atoms with Gasteiger partial charge in [-0.15, -0.1) is 0 Å². The lowest BCUT2D eigenvalue weighted by molar-refractivity contribution is 0.0923. The van der Waals surface area contributed by atoms with Gasteiger partial charge in [0.1, 0.15) is 0 Å². The molecule has 0 spiro atoms. The number of hydrogen-bond donors (Lipinski definition) is 1. The third kappa shape index (κ3) is 3.03. The second kappa shape index (κ2) is 5.71. The molecule has 100 valence electrons. The highest BCUT2D eigenvalue weighted by atomic mass is 15.2. The second-order valence-corrected chi connectivity index (χ2v) is 6.61. The SMILES string of the molecule is CC1CCCCCN1CC1(C(C)C)CCNC1. The van der Waals surface area contributed by atoms with Crippen LogP contribution in [0.25, 0.3) is 0 Å². The highest BCUT2D eigenvalue weighted by Gasteiger charge is 2.39. The van der Waals surface area contributed by atoms with Gasteiger partial charge >= 0.3 is 0 Å². The van der Waals surface area contributed by atoms with Crippen molar-refractivity contribution in [1.82, 2.24) is 10.2 Å². The van der Waals surface area contributed by atoms with Crippen molar-refractivity contribution in [2.24, 2.45) is 11.3 Å². The molecule has 0 amide bonds. The van der Waals surface area contributed by atoms with Crippen molar-refractivity contribution in [1.29, 1.82) is 0 Å². The number of nitrogens with zero attached hydrogens (tertiary/aromatic N) is 1. The van der Waals surface area contributed by atoms with Crippen LogP contribution in [-0.4, -0.2) is 37.1 Å². The standard InChI is InChI=1S/C15H30N2/c1-13(2)15(8-9-16-11-15)12-17-10-6-4-5-7-14(17)3/h13-14,16H,4-12H2,1-3H3. The van der Waals surface area contributed by atoms with Crippen molar-refractivity contribution >= 4 is 0 Å². The Morgan fingerprint density at radius 2 is 2.12 bits per heavy atom. The number of nitrogens with one attached hydrogen (secondary N) is 1. The van der Waals surface area contributed by atoms with Crippen LogP contribution in [0.2, 0.25) is 0 Å². The van der Waals surface area contributed by atoms with E-state index in [4.69, 9.17) is 0 Å². The Balaban J connectivity index is 2.01. The van der Waals surface area contributed by atoms with E-state index in [0.717, 1.165) is 12.0 Å². The predicted octanol–water partition coefficient (Wildman–Crippen LogP) is 2.89. The molecule has 0 radical (unpaired) electrons. The van der Waals surface area contributed by atoms with E-state index in [-0.39, 0.29) is 0 Å². The van der Waals surface area contributed by atoms with Gasteiger partial charge in [0.15, 0.2) is 0 Å². The van der Waals surface area contributed by atoms with E-state index in [1.54, 1.807) is 0 Å². The van der Waals surface area contributed by atoms with E-state index in [1.165, 1.54) is 58.3 Å². The van der Waals surface area contributed by atoms with Gasteiger partial charge in [0.05, 0.1) is 0 Å². The quantitative estimate of drug-likeness (QED) is 0.813. The smallest absolute Gasteiger partial charge is 0.00671 e. The Bertz CT molecular complexity index is 231. The molecule has 0 bridgehead atoms. The first-order valence-electron chi connectivity index (χ1n) is 7.59. The lowest BCUT2D eigenvalue weighted by Gasteiger charge is -2.40. The first kappa shape index (κ1) is 13.4. The number of likely N-dealkylation sites (tertiary alicyclic amines) is 1. The van der Waals surface area contributed by atoms with Gasteiger partial charge in [0, 0.05) is 19.1 Å². The number of hydrogen-bond acceptors (Lipinski definition) is 2. The van der Waals surface area contributed by atoms with Crippen LogP contribution in [0.15, 0.2) is 0 Å². The van der Waals surface area contributed by atoms with Gasteiger partial charge in [-0.3, -0.25) is 0 Å². The fourth-order valence-corrected chi connectivity index (χ4v) is 3.55. The second-order valence-electron chi connectivity index (χ2n) is 6.61. The summed E-state index contributed by atoms with van der Waals surface area (Å²) < 4.78 is 0. The molecule has 2 heterocycles. The molecule has 0 aromatic carbocycles. The zero-order valence-corrected chi connectivity index (χ0v) is 12.0. The van der Waals surface area contributed by atoms with E-state index in [1.807, 2.05) is 0 Å². The highest BCUT2D eigenvalue weighted by molar-refractivity contribution is 4.93. The molecule has 2 nitrogen and oxygen atoms in total. The molecule has 17 heavy (non-hydrogen) atoms. The van der Waals surface area contributed by atoms with Gasteiger partial charge in [0.25, 0.3) is 0 Å². The van der Waals surface area contributed by atoms with E-state index < -0.39 is 0 Å². The van der Waals surface area contributed by atoms with Crippen molar-refractivity contribution in [2.75, 3.05) is 26.2 Å². The maximum atomic E-state index is 3.59. The maximum absolute atomic E-state index is 3.59. The van der Waals surface area contributed by atoms with Crippen molar-refractivity contribution in [2.45, 2.75) is 58.9 Å². The summed E-state index contributed by atoms with van der Waals surface area (Å²) in [6, 6.07) is 0.800. The molecular formula is C15H30N2. The third-order valence-corrected chi connectivity index (χ3v) is 5.21. The molecule has 2 heteroatoms. The summed E-state index contributed by atoms with van der Waals surface area (Å²) in [5, 5.41) is 3.59. The normalized spacial score (nSPS) is 36.4. The predicted molar refractivity (Wildman–Crippen MR) is 74.3 cm³/mol. The summed E-state index contributed by atoms with van der Waals surface area (Å²) in [5.41, 5.74) is 0.540. The number of rotatable bonds is 3. The minimum absolute atomic E-state index is 0.540. The van der Waals surface area contributed by atoms with E-state index >= 15 is 0 Å². The fourth-order valence-electron chi connectivity index (χ4n) is 3.55. The molecule has 2 aliphatic rings. The lowest BCUT2D eigenvalue weighted by atomic mass is 9.75. The highest BCUT2D eigenvalue weighted by Crippen LogP contribution is 2.36. The summed E-state index contributed by atoms with van der Waals surface area (Å²) >= 11 is 0. The summed E-state index contributed by atoms with van der Waals surface area (Å²) in [4.78, 5) is 2.78. The van der Waals surface area contributed by atoms with Gasteiger partial charge in [-0.25, -0.2) is 0 Å². The zero-order valence-electron chi connectivity index (χ0n) is 12.0. The molecule has 1 N–H and O–H groups in total. The maximum Gasteiger partial charge on any atom is 0.00671 e. The van der Waals surface area contributed by atoms with Gasteiger partial charge in [-0.05, 0) is 50.6 Å². The van der Waals surface area contributed by atoms with Crippen LogP contribution in [0.1, 0.15) is 52.9 Å². The molecule has 2 atom stereocenters. The van der Waals surface area contributed by atoms with E-state index in [9.17, 15) is 0 Å². The first-order chi connectivity index (χ1) is 8.14. The molecule has 2 saturated heterocycles. The summed E-state index contributed by atoms with van der Waals surface area (Å²) in [5.74, 6) is 0.799. The molecule has 0 saturated carbocycles. The molecule has 0 aromatic rings. The van der Waals surface area contributed by atoms with Crippen LogP contribution < -0.4 is 5.32 Å².